The van der Waals surface area contributed by atoms with Gasteiger partial charge in [-0.15, -0.1) is 11.3 Å². The summed E-state index contributed by atoms with van der Waals surface area (Å²) < 4.78 is 20.8. The minimum absolute atomic E-state index is 0.137. The molecular weight excluding hydrogens is 615 g/mol. The second-order valence-electron chi connectivity index (χ2n) is 12.9. The van der Waals surface area contributed by atoms with Gasteiger partial charge in [0.05, 0.1) is 42.1 Å². The highest BCUT2D eigenvalue weighted by molar-refractivity contribution is 7.14. The Morgan fingerprint density at radius 2 is 1.98 bits per heavy atom. The zero-order chi connectivity index (χ0) is 32.7. The smallest absolute Gasteiger partial charge is 0.268 e. The van der Waals surface area contributed by atoms with E-state index >= 15 is 4.39 Å². The van der Waals surface area contributed by atoms with Crippen LogP contribution in [0.5, 0.6) is 0 Å². The predicted octanol–water partition coefficient (Wildman–Crippen LogP) is 5.99. The van der Waals surface area contributed by atoms with E-state index in [1.165, 1.54) is 35.1 Å². The predicted molar refractivity (Wildman–Crippen MR) is 182 cm³/mol. The zero-order valence-corrected chi connectivity index (χ0v) is 27.9. The van der Waals surface area contributed by atoms with Crippen LogP contribution in [0.15, 0.2) is 42.1 Å². The summed E-state index contributed by atoms with van der Waals surface area (Å²) in [6.45, 7) is 6.77. The van der Waals surface area contributed by atoms with E-state index in [1.807, 2.05) is 19.1 Å². The Morgan fingerprint density at radius 1 is 1.15 bits per heavy atom. The van der Waals surface area contributed by atoms with E-state index in [4.69, 9.17) is 9.72 Å². The van der Waals surface area contributed by atoms with Crippen molar-refractivity contribution < 1.29 is 23.8 Å². The fraction of sp³-hybridized carbons (Fsp3) is 0.432. The second-order valence-corrected chi connectivity index (χ2v) is 14.0. The number of thiophene rings is 1. The Bertz CT molecular complexity index is 1790. The van der Waals surface area contributed by atoms with Crippen LogP contribution < -0.4 is 10.2 Å². The van der Waals surface area contributed by atoms with E-state index in [9.17, 15) is 14.7 Å². The molecule has 1 amide bonds. The van der Waals surface area contributed by atoms with Crippen molar-refractivity contribution >= 4 is 40.1 Å². The first kappa shape index (κ1) is 31.9. The molecule has 4 aliphatic rings. The number of hydrogen-bond acceptors (Lipinski definition) is 8. The lowest BCUT2D eigenvalue weighted by Gasteiger charge is -2.39. The van der Waals surface area contributed by atoms with Gasteiger partial charge in [0.15, 0.2) is 5.78 Å². The number of rotatable bonds is 9. The fourth-order valence-corrected chi connectivity index (χ4v) is 8.66. The number of ketones is 1. The Balaban J connectivity index is 1.19. The summed E-state index contributed by atoms with van der Waals surface area (Å²) in [5.74, 6) is -0.285. The molecule has 0 unspecified atom stereocenters. The fourth-order valence-electron chi connectivity index (χ4n) is 7.27. The minimum atomic E-state index is -0.511. The summed E-state index contributed by atoms with van der Waals surface area (Å²) in [6, 6.07) is 7.14. The highest BCUT2D eigenvalue weighted by Gasteiger charge is 2.34. The molecule has 1 aliphatic carbocycles. The first-order chi connectivity index (χ1) is 22.8. The van der Waals surface area contributed by atoms with Crippen molar-refractivity contribution in [3.63, 3.8) is 0 Å². The summed E-state index contributed by atoms with van der Waals surface area (Å²) >= 11 is 1.58. The first-order valence-electron chi connectivity index (χ1n) is 16.7. The third-order valence-electron chi connectivity index (χ3n) is 9.84. The summed E-state index contributed by atoms with van der Waals surface area (Å²) in [6.07, 6.45) is 10.1. The number of aliphatic hydroxyl groups excluding tert-OH is 1. The van der Waals surface area contributed by atoms with Crippen LogP contribution in [-0.4, -0.2) is 59.0 Å². The van der Waals surface area contributed by atoms with Gasteiger partial charge < -0.3 is 20.1 Å². The van der Waals surface area contributed by atoms with Gasteiger partial charge in [0, 0.05) is 49.1 Å². The van der Waals surface area contributed by atoms with Gasteiger partial charge in [0.1, 0.15) is 11.6 Å². The van der Waals surface area contributed by atoms with Gasteiger partial charge in [-0.05, 0) is 90.6 Å². The number of aromatic nitrogens is 1. The molecule has 1 aromatic carbocycles. The minimum Gasteiger partial charge on any atom is -0.392 e. The Morgan fingerprint density at radius 3 is 2.72 bits per heavy atom. The third kappa shape index (κ3) is 6.20. The molecule has 47 heavy (non-hydrogen) atoms. The second kappa shape index (κ2) is 13.4. The molecule has 0 atom stereocenters. The Kier molecular flexibility index (Phi) is 9.11. The summed E-state index contributed by atoms with van der Waals surface area (Å²) in [4.78, 5) is 37.8. The SMILES string of the molecule is CC/C=C(\C=C(\Nc1ccc2c(n1)CCN(C1COC1)C2)C(C)=O)c1cc(F)cc(N2CCc3c(sc4c3CCCC4)C2=O)c1CO. The van der Waals surface area contributed by atoms with Gasteiger partial charge >= 0.3 is 0 Å². The number of aliphatic hydroxyl groups is 1. The maximum absolute atomic E-state index is 15.4. The Labute approximate surface area is 278 Å². The molecule has 2 N–H and O–H groups in total. The molecule has 7 rings (SSSR count). The van der Waals surface area contributed by atoms with Gasteiger partial charge in [-0.3, -0.25) is 14.5 Å². The molecule has 0 saturated carbocycles. The van der Waals surface area contributed by atoms with Gasteiger partial charge in [0.2, 0.25) is 0 Å². The largest absolute Gasteiger partial charge is 0.392 e. The van der Waals surface area contributed by atoms with Crippen molar-refractivity contribution in [1.82, 2.24) is 9.88 Å². The number of carbonyl (C=O) groups excluding carboxylic acids is 2. The van der Waals surface area contributed by atoms with Gasteiger partial charge in [-0.2, -0.15) is 0 Å². The van der Waals surface area contributed by atoms with Crippen LogP contribution in [0.1, 0.15) is 81.2 Å². The summed E-state index contributed by atoms with van der Waals surface area (Å²) in [5, 5.41) is 13.9. The number of fused-ring (bicyclic) bond motifs is 4. The molecule has 10 heteroatoms. The number of allylic oxidation sites excluding steroid dienone is 4. The van der Waals surface area contributed by atoms with Gasteiger partial charge in [-0.25, -0.2) is 9.37 Å². The molecule has 1 saturated heterocycles. The highest BCUT2D eigenvalue weighted by Crippen LogP contribution is 2.40. The monoisotopic (exact) mass is 656 g/mol. The number of carbonyl (C=O) groups is 2. The highest BCUT2D eigenvalue weighted by atomic mass is 32.1. The standard InChI is InChI=1S/C37H41FN4O4S/c1-3-6-23(15-32(22(2)44)40-35-10-9-24-18-41(26-20-46-21-26)13-12-31(24)39-35)29-16-25(38)17-33(30(29)19-43)42-14-11-28-27-7-4-5-8-34(27)47-36(28)37(42)45/h6,9-10,15-17,26,43H,3-5,7-8,11-14,18-21H2,1-2H3,(H,39,40)/b23-6+,32-15+. The first-order valence-corrected chi connectivity index (χ1v) is 17.6. The maximum atomic E-state index is 15.4. The number of hydrogen-bond donors (Lipinski definition) is 2. The molecule has 3 aliphatic heterocycles. The molecule has 0 spiro atoms. The topological polar surface area (TPSA) is 95.0 Å². The molecular formula is C37H41FN4O4S. The number of pyridine rings is 1. The number of aryl methyl sites for hydroxylation is 1. The van der Waals surface area contributed by atoms with Crippen molar-refractivity contribution in [2.24, 2.45) is 0 Å². The van der Waals surface area contributed by atoms with E-state index in [1.54, 1.807) is 22.3 Å². The van der Waals surface area contributed by atoms with Crippen LogP contribution in [0, 0.1) is 5.82 Å². The lowest BCUT2D eigenvalue weighted by molar-refractivity contribution is -0.113. The van der Waals surface area contributed by atoms with E-state index in [-0.39, 0.29) is 11.7 Å². The van der Waals surface area contributed by atoms with Crippen LogP contribution in [0.2, 0.25) is 0 Å². The molecule has 2 aromatic heterocycles. The normalized spacial score (nSPS) is 18.8. The summed E-state index contributed by atoms with van der Waals surface area (Å²) in [7, 11) is 0. The quantitative estimate of drug-likeness (QED) is 0.216. The maximum Gasteiger partial charge on any atom is 0.268 e. The molecule has 0 bridgehead atoms. The molecule has 8 nitrogen and oxygen atoms in total. The lowest BCUT2D eigenvalue weighted by atomic mass is 9.91. The van der Waals surface area contributed by atoms with E-state index in [0.717, 1.165) is 74.5 Å². The number of halogens is 1. The third-order valence-corrected chi connectivity index (χ3v) is 11.2. The molecule has 5 heterocycles. The van der Waals surface area contributed by atoms with Crippen LogP contribution >= 0.6 is 11.3 Å². The van der Waals surface area contributed by atoms with Crippen LogP contribution in [0.4, 0.5) is 15.9 Å². The van der Waals surface area contributed by atoms with E-state index < -0.39 is 12.4 Å². The summed E-state index contributed by atoms with van der Waals surface area (Å²) in [5.41, 5.74) is 6.85. The number of ether oxygens (including phenoxy) is 1. The van der Waals surface area contributed by atoms with Crippen molar-refractivity contribution in [3.8, 4) is 0 Å². The average Bonchev–Trinajstić information content (AvgIpc) is 3.43. The Hall–Kier alpha value is -3.70. The molecule has 0 radical (unpaired) electrons. The van der Waals surface area contributed by atoms with Crippen LogP contribution in [-0.2, 0) is 48.4 Å². The van der Waals surface area contributed by atoms with E-state index in [2.05, 4.69) is 16.3 Å². The van der Waals surface area contributed by atoms with Crippen molar-refractivity contribution in [1.29, 1.82) is 0 Å². The van der Waals surface area contributed by atoms with E-state index in [0.29, 0.717) is 59.3 Å². The number of nitrogens with one attached hydrogen (secondary N) is 1. The van der Waals surface area contributed by atoms with Crippen molar-refractivity contribution in [2.75, 3.05) is 36.5 Å². The number of Topliss-reactive ketones (excluding diaryl/α,β-unsaturated/α-hetero) is 1. The van der Waals surface area contributed by atoms with Gasteiger partial charge in [0.25, 0.3) is 5.91 Å². The van der Waals surface area contributed by atoms with Crippen LogP contribution in [0.3, 0.4) is 0 Å². The van der Waals surface area contributed by atoms with Crippen molar-refractivity contribution in [2.45, 2.75) is 78.0 Å². The lowest BCUT2D eigenvalue weighted by Crippen LogP contribution is -2.50. The average molecular weight is 657 g/mol. The number of amides is 1. The molecule has 3 aromatic rings. The number of benzene rings is 1. The van der Waals surface area contributed by atoms with Gasteiger partial charge in [-0.1, -0.05) is 19.1 Å². The number of nitrogens with zero attached hydrogens (tertiary/aromatic N) is 3. The zero-order valence-electron chi connectivity index (χ0n) is 27.0. The number of anilines is 2. The molecule has 1 fully saturated rings. The molecule has 246 valence electrons. The van der Waals surface area contributed by atoms with Crippen molar-refractivity contribution in [3.05, 3.63) is 91.2 Å². The van der Waals surface area contributed by atoms with Crippen LogP contribution in [0.25, 0.3) is 5.57 Å².